The Balaban J connectivity index is 2.04. The topological polar surface area (TPSA) is 61.2 Å². The van der Waals surface area contributed by atoms with E-state index in [0.717, 1.165) is 29.7 Å². The van der Waals surface area contributed by atoms with Gasteiger partial charge in [0.25, 0.3) is 5.56 Å². The molecule has 2 aromatic heterocycles. The van der Waals surface area contributed by atoms with Crippen molar-refractivity contribution in [3.63, 3.8) is 0 Å². The van der Waals surface area contributed by atoms with E-state index in [1.807, 2.05) is 0 Å². The minimum atomic E-state index is -0.407. The van der Waals surface area contributed by atoms with Crippen molar-refractivity contribution in [2.75, 3.05) is 0 Å². The lowest BCUT2D eigenvalue weighted by Crippen LogP contribution is -2.27. The molecule has 0 saturated carbocycles. The summed E-state index contributed by atoms with van der Waals surface area (Å²) < 4.78 is 6.48. The van der Waals surface area contributed by atoms with Crippen LogP contribution in [-0.2, 0) is 22.5 Å². The molecule has 0 aliphatic heterocycles. The molecule has 3 rings (SSSR count). The van der Waals surface area contributed by atoms with E-state index < -0.39 is 5.97 Å². The first-order valence-corrected chi connectivity index (χ1v) is 8.49. The maximum atomic E-state index is 12.8. The molecule has 22 heavy (non-hydrogen) atoms. The van der Waals surface area contributed by atoms with E-state index in [2.05, 4.69) is 11.9 Å². The van der Waals surface area contributed by atoms with Crippen LogP contribution >= 0.6 is 11.3 Å². The Hall–Kier alpha value is -1.69. The third-order valence-corrected chi connectivity index (χ3v) is 5.17. The van der Waals surface area contributed by atoms with Crippen molar-refractivity contribution in [2.24, 2.45) is 0 Å². The number of ether oxygens (including phenoxy) is 1. The Labute approximate surface area is 132 Å². The normalized spacial score (nSPS) is 17.7. The number of hydrogen-bond acceptors (Lipinski definition) is 5. The summed E-state index contributed by atoms with van der Waals surface area (Å²) in [4.78, 5) is 31.0. The summed E-state index contributed by atoms with van der Waals surface area (Å²) in [6.07, 6.45) is 4.56. The summed E-state index contributed by atoms with van der Waals surface area (Å²) in [5, 5.41) is 0.701. The zero-order chi connectivity index (χ0) is 15.9. The first kappa shape index (κ1) is 15.2. The summed E-state index contributed by atoms with van der Waals surface area (Å²) in [6, 6.07) is 0. The van der Waals surface area contributed by atoms with Gasteiger partial charge >= 0.3 is 5.97 Å². The van der Waals surface area contributed by atoms with Gasteiger partial charge < -0.3 is 4.74 Å². The minimum Gasteiger partial charge on any atom is -0.462 e. The highest BCUT2D eigenvalue weighted by Gasteiger charge is 2.25. The molecule has 0 N–H and O–H groups in total. The number of thiophene rings is 1. The largest absolute Gasteiger partial charge is 0.462 e. The zero-order valence-corrected chi connectivity index (χ0v) is 13.9. The van der Waals surface area contributed by atoms with Gasteiger partial charge in [-0.1, -0.05) is 6.92 Å². The number of aryl methyl sites for hydroxylation is 1. The molecule has 0 spiro atoms. The summed E-state index contributed by atoms with van der Waals surface area (Å²) in [6.45, 7) is 5.66. The highest BCUT2D eigenvalue weighted by atomic mass is 32.1. The van der Waals surface area contributed by atoms with Crippen molar-refractivity contribution < 1.29 is 9.53 Å². The average Bonchev–Trinajstić information content (AvgIpc) is 2.81. The molecule has 0 saturated heterocycles. The zero-order valence-electron chi connectivity index (χ0n) is 13.1. The molecular weight excluding hydrogens is 300 g/mol. The lowest BCUT2D eigenvalue weighted by Gasteiger charge is -2.18. The standard InChI is InChI=1S/C16H20N2O3S/c1-9(2)21-12(19)7-18-8-17-15-14(16(18)20)13-10(3)5-4-6-11(13)22-15/h8-10H,4-7H2,1-3H3. The molecule has 1 atom stereocenters. The van der Waals surface area contributed by atoms with Crippen LogP contribution in [0, 0.1) is 0 Å². The van der Waals surface area contributed by atoms with Crippen molar-refractivity contribution >= 4 is 27.5 Å². The Morgan fingerprint density at radius 2 is 2.32 bits per heavy atom. The summed E-state index contributed by atoms with van der Waals surface area (Å²) in [7, 11) is 0. The third-order valence-electron chi connectivity index (χ3n) is 3.99. The average molecular weight is 320 g/mol. The molecule has 1 unspecified atom stereocenters. The second-order valence-electron chi connectivity index (χ2n) is 6.13. The van der Waals surface area contributed by atoms with E-state index in [0.29, 0.717) is 11.3 Å². The van der Waals surface area contributed by atoms with Crippen LogP contribution in [0.1, 0.15) is 50.0 Å². The number of nitrogens with zero attached hydrogens (tertiary/aromatic N) is 2. The highest BCUT2D eigenvalue weighted by molar-refractivity contribution is 7.18. The van der Waals surface area contributed by atoms with E-state index in [9.17, 15) is 9.59 Å². The molecule has 0 fully saturated rings. The van der Waals surface area contributed by atoms with Gasteiger partial charge in [0.05, 0.1) is 17.8 Å². The molecule has 5 nitrogen and oxygen atoms in total. The maximum absolute atomic E-state index is 12.8. The van der Waals surface area contributed by atoms with Gasteiger partial charge in [0.2, 0.25) is 0 Å². The van der Waals surface area contributed by atoms with Crippen molar-refractivity contribution in [1.29, 1.82) is 0 Å². The number of fused-ring (bicyclic) bond motifs is 3. The van der Waals surface area contributed by atoms with Crippen molar-refractivity contribution in [3.8, 4) is 0 Å². The second kappa shape index (κ2) is 5.83. The molecule has 1 aliphatic rings. The number of esters is 1. The minimum absolute atomic E-state index is 0.0844. The highest BCUT2D eigenvalue weighted by Crippen LogP contribution is 2.39. The van der Waals surface area contributed by atoms with Crippen molar-refractivity contribution in [3.05, 3.63) is 27.1 Å². The van der Waals surface area contributed by atoms with Crippen LogP contribution in [0.15, 0.2) is 11.1 Å². The Bertz CT molecular complexity index is 776. The summed E-state index contributed by atoms with van der Waals surface area (Å²) >= 11 is 1.62. The van der Waals surface area contributed by atoms with Crippen LogP contribution in [0.2, 0.25) is 0 Å². The maximum Gasteiger partial charge on any atom is 0.326 e. The quantitative estimate of drug-likeness (QED) is 0.816. The number of hydrogen-bond donors (Lipinski definition) is 0. The van der Waals surface area contributed by atoms with Crippen molar-refractivity contribution in [2.45, 2.75) is 58.6 Å². The molecule has 0 radical (unpaired) electrons. The van der Waals surface area contributed by atoms with Crippen molar-refractivity contribution in [1.82, 2.24) is 9.55 Å². The first-order valence-electron chi connectivity index (χ1n) is 7.67. The lowest BCUT2D eigenvalue weighted by molar-refractivity contribution is -0.148. The molecule has 1 aliphatic carbocycles. The second-order valence-corrected chi connectivity index (χ2v) is 7.21. The number of carbonyl (C=O) groups is 1. The van der Waals surface area contributed by atoms with E-state index >= 15 is 0 Å². The molecule has 0 aromatic carbocycles. The van der Waals surface area contributed by atoms with Crippen LogP contribution in [0.4, 0.5) is 0 Å². The van der Waals surface area contributed by atoms with Gasteiger partial charge in [-0.05, 0) is 44.6 Å². The lowest BCUT2D eigenvalue weighted by atomic mass is 9.88. The predicted molar refractivity (Wildman–Crippen MR) is 86.5 cm³/mol. The molecule has 2 aromatic rings. The van der Waals surface area contributed by atoms with Crippen LogP contribution in [0.25, 0.3) is 10.2 Å². The summed E-state index contributed by atoms with van der Waals surface area (Å²) in [5.41, 5.74) is 1.02. The fourth-order valence-corrected chi connectivity index (χ4v) is 4.36. The number of rotatable bonds is 3. The molecule has 0 amide bonds. The molecule has 6 heteroatoms. The van der Waals surface area contributed by atoms with Gasteiger partial charge in [0, 0.05) is 4.88 Å². The first-order chi connectivity index (χ1) is 10.5. The third kappa shape index (κ3) is 2.67. The fraction of sp³-hybridized carbons (Fsp3) is 0.562. The van der Waals surface area contributed by atoms with Gasteiger partial charge in [-0.3, -0.25) is 14.2 Å². The molecule has 0 bridgehead atoms. The monoisotopic (exact) mass is 320 g/mol. The van der Waals surface area contributed by atoms with E-state index in [-0.39, 0.29) is 18.2 Å². The van der Waals surface area contributed by atoms with Gasteiger partial charge in [-0.25, -0.2) is 4.98 Å². The fourth-order valence-electron chi connectivity index (χ4n) is 3.07. The molecule has 2 heterocycles. The number of aromatic nitrogens is 2. The van der Waals surface area contributed by atoms with Crippen LogP contribution < -0.4 is 5.56 Å². The molecule has 118 valence electrons. The van der Waals surface area contributed by atoms with Crippen LogP contribution in [0.5, 0.6) is 0 Å². The van der Waals surface area contributed by atoms with Gasteiger partial charge in [-0.2, -0.15) is 0 Å². The van der Waals surface area contributed by atoms with Gasteiger partial charge in [0.15, 0.2) is 0 Å². The SMILES string of the molecule is CC(C)OC(=O)Cn1cnc2sc3c(c2c1=O)C(C)CCC3. The van der Waals surface area contributed by atoms with E-state index in [1.54, 1.807) is 25.2 Å². The van der Waals surface area contributed by atoms with Crippen LogP contribution in [0.3, 0.4) is 0 Å². The predicted octanol–water partition coefficient (Wildman–Crippen LogP) is 2.85. The summed E-state index contributed by atoms with van der Waals surface area (Å²) in [5.74, 6) is -0.0270. The Morgan fingerprint density at radius 3 is 3.05 bits per heavy atom. The van der Waals surface area contributed by atoms with Gasteiger partial charge in [-0.15, -0.1) is 11.3 Å². The van der Waals surface area contributed by atoms with E-state index in [1.165, 1.54) is 15.8 Å². The van der Waals surface area contributed by atoms with Crippen LogP contribution in [-0.4, -0.2) is 21.6 Å². The smallest absolute Gasteiger partial charge is 0.326 e. The Morgan fingerprint density at radius 1 is 1.55 bits per heavy atom. The number of carbonyl (C=O) groups excluding carboxylic acids is 1. The Kier molecular flexibility index (Phi) is 4.04. The van der Waals surface area contributed by atoms with Gasteiger partial charge in [0.1, 0.15) is 11.4 Å². The van der Waals surface area contributed by atoms with E-state index in [4.69, 9.17) is 4.74 Å². The molecular formula is C16H20N2O3S.